The van der Waals surface area contributed by atoms with Crippen LogP contribution in [0.15, 0.2) is 45.3 Å². The third-order valence-electron chi connectivity index (χ3n) is 3.78. The Balaban J connectivity index is 1.89. The van der Waals surface area contributed by atoms with Gasteiger partial charge in [-0.2, -0.15) is 0 Å². The van der Waals surface area contributed by atoms with Crippen LogP contribution in [0.2, 0.25) is 0 Å². The van der Waals surface area contributed by atoms with E-state index >= 15 is 0 Å². The molecule has 0 amide bonds. The zero-order valence-electron chi connectivity index (χ0n) is 11.4. The number of hydrogen-bond acceptors (Lipinski definition) is 3. The van der Waals surface area contributed by atoms with Crippen molar-refractivity contribution in [3.05, 3.63) is 41.0 Å². The molecule has 1 atom stereocenters. The average molecular weight is 287 g/mol. The smallest absolute Gasteiger partial charge is 0.354 e. The number of carboxylic acids is 1. The summed E-state index contributed by atoms with van der Waals surface area (Å²) >= 11 is 1.66. The van der Waals surface area contributed by atoms with E-state index in [-0.39, 0.29) is 5.37 Å². The standard InChI is InChI=1S/C16H17NO2S/c1-10-5-4-6-11(9-10)20-15-13-8-3-2-7-12(13)14(17-15)16(18)19/h4-6,9,15H,2-3,7-8H2,1H3,(H,18,19). The molecule has 1 aliphatic carbocycles. The summed E-state index contributed by atoms with van der Waals surface area (Å²) in [6.45, 7) is 2.07. The molecule has 1 aliphatic heterocycles. The Kier molecular flexibility index (Phi) is 3.66. The highest BCUT2D eigenvalue weighted by atomic mass is 32.2. The van der Waals surface area contributed by atoms with Gasteiger partial charge in [-0.05, 0) is 55.9 Å². The summed E-state index contributed by atoms with van der Waals surface area (Å²) in [5, 5.41) is 9.26. The van der Waals surface area contributed by atoms with Crippen LogP contribution in [0.4, 0.5) is 0 Å². The summed E-state index contributed by atoms with van der Waals surface area (Å²) in [4.78, 5) is 17.0. The molecule has 3 nitrogen and oxygen atoms in total. The number of carbonyl (C=O) groups is 1. The predicted octanol–water partition coefficient (Wildman–Crippen LogP) is 3.82. The molecule has 20 heavy (non-hydrogen) atoms. The molecule has 0 saturated carbocycles. The molecule has 104 valence electrons. The molecule has 1 aromatic carbocycles. The first-order chi connectivity index (χ1) is 9.65. The van der Waals surface area contributed by atoms with Crippen LogP contribution < -0.4 is 0 Å². The van der Waals surface area contributed by atoms with Crippen molar-refractivity contribution in [2.45, 2.75) is 42.9 Å². The molecular formula is C16H17NO2S. The molecule has 1 heterocycles. The molecule has 0 saturated heterocycles. The Labute approximate surface area is 122 Å². The van der Waals surface area contributed by atoms with E-state index in [9.17, 15) is 9.90 Å². The lowest BCUT2D eigenvalue weighted by molar-refractivity contribution is -0.129. The maximum atomic E-state index is 11.3. The fourth-order valence-corrected chi connectivity index (χ4v) is 4.07. The van der Waals surface area contributed by atoms with Gasteiger partial charge in [0.25, 0.3) is 0 Å². The Morgan fingerprint density at radius 2 is 2.15 bits per heavy atom. The first-order valence-electron chi connectivity index (χ1n) is 6.92. The highest BCUT2D eigenvalue weighted by molar-refractivity contribution is 8.00. The molecule has 1 N–H and O–H groups in total. The van der Waals surface area contributed by atoms with Crippen molar-refractivity contribution >= 4 is 23.4 Å². The topological polar surface area (TPSA) is 49.7 Å². The van der Waals surface area contributed by atoms with Crippen molar-refractivity contribution in [3.63, 3.8) is 0 Å². The number of nitrogens with zero attached hydrogens (tertiary/aromatic N) is 1. The zero-order valence-corrected chi connectivity index (χ0v) is 12.2. The highest BCUT2D eigenvalue weighted by Gasteiger charge is 2.33. The van der Waals surface area contributed by atoms with Crippen LogP contribution in [-0.4, -0.2) is 22.2 Å². The summed E-state index contributed by atoms with van der Waals surface area (Å²) < 4.78 is 0. The van der Waals surface area contributed by atoms with Gasteiger partial charge in [0, 0.05) is 4.90 Å². The van der Waals surface area contributed by atoms with Crippen molar-refractivity contribution in [2.24, 2.45) is 4.99 Å². The SMILES string of the molecule is Cc1cccc(SC2N=C(C(=O)O)C3=C2CCCC3)c1. The van der Waals surface area contributed by atoms with Crippen molar-refractivity contribution < 1.29 is 9.90 Å². The van der Waals surface area contributed by atoms with Crippen LogP contribution in [0.1, 0.15) is 31.2 Å². The van der Waals surface area contributed by atoms with Crippen LogP contribution in [0.25, 0.3) is 0 Å². The minimum absolute atomic E-state index is 0.0433. The first kappa shape index (κ1) is 13.4. The lowest BCUT2D eigenvalue weighted by Gasteiger charge is -2.18. The van der Waals surface area contributed by atoms with E-state index in [0.29, 0.717) is 5.71 Å². The maximum absolute atomic E-state index is 11.3. The predicted molar refractivity (Wildman–Crippen MR) is 81.4 cm³/mol. The van der Waals surface area contributed by atoms with Crippen LogP contribution in [0.3, 0.4) is 0 Å². The van der Waals surface area contributed by atoms with Gasteiger partial charge in [0.1, 0.15) is 11.1 Å². The fourth-order valence-electron chi connectivity index (χ4n) is 2.84. The molecule has 0 fully saturated rings. The third kappa shape index (κ3) is 2.52. The Bertz CT molecular complexity index is 619. The number of hydrogen-bond donors (Lipinski definition) is 1. The quantitative estimate of drug-likeness (QED) is 0.919. The molecule has 4 heteroatoms. The number of carboxylic acid groups (broad SMARTS) is 1. The van der Waals surface area contributed by atoms with Gasteiger partial charge in [0.05, 0.1) is 0 Å². The summed E-state index contributed by atoms with van der Waals surface area (Å²) in [7, 11) is 0. The second-order valence-corrected chi connectivity index (χ2v) is 6.43. The fraction of sp³-hybridized carbons (Fsp3) is 0.375. The van der Waals surface area contributed by atoms with E-state index in [1.807, 2.05) is 6.07 Å². The van der Waals surface area contributed by atoms with Crippen LogP contribution in [0.5, 0.6) is 0 Å². The van der Waals surface area contributed by atoms with E-state index < -0.39 is 5.97 Å². The lowest BCUT2D eigenvalue weighted by Crippen LogP contribution is -2.15. The van der Waals surface area contributed by atoms with Crippen molar-refractivity contribution in [2.75, 3.05) is 0 Å². The van der Waals surface area contributed by atoms with Crippen molar-refractivity contribution in [3.8, 4) is 0 Å². The number of aliphatic imine (C=N–C) groups is 1. The second-order valence-electron chi connectivity index (χ2n) is 5.28. The van der Waals surface area contributed by atoms with Gasteiger partial charge < -0.3 is 5.11 Å². The van der Waals surface area contributed by atoms with Crippen LogP contribution in [-0.2, 0) is 4.79 Å². The number of thioether (sulfide) groups is 1. The normalized spacial score (nSPS) is 21.6. The van der Waals surface area contributed by atoms with Crippen LogP contribution in [0, 0.1) is 6.92 Å². The minimum atomic E-state index is -0.883. The van der Waals surface area contributed by atoms with Crippen LogP contribution >= 0.6 is 11.8 Å². The second kappa shape index (κ2) is 5.44. The van der Waals surface area contributed by atoms with Gasteiger partial charge in [-0.15, -0.1) is 0 Å². The molecule has 0 spiro atoms. The van der Waals surface area contributed by atoms with Gasteiger partial charge in [-0.25, -0.2) is 4.79 Å². The number of rotatable bonds is 3. The molecular weight excluding hydrogens is 270 g/mol. The van der Waals surface area contributed by atoms with E-state index in [2.05, 4.69) is 30.1 Å². The first-order valence-corrected chi connectivity index (χ1v) is 7.80. The third-order valence-corrected chi connectivity index (χ3v) is 4.92. The van der Waals surface area contributed by atoms with Gasteiger partial charge in [-0.1, -0.05) is 29.5 Å². The van der Waals surface area contributed by atoms with Gasteiger partial charge >= 0.3 is 5.97 Å². The molecule has 0 aromatic heterocycles. The number of aryl methyl sites for hydroxylation is 1. The molecule has 2 aliphatic rings. The number of benzene rings is 1. The lowest BCUT2D eigenvalue weighted by atomic mass is 9.91. The summed E-state index contributed by atoms with van der Waals surface area (Å²) in [5.41, 5.74) is 3.74. The monoisotopic (exact) mass is 287 g/mol. The highest BCUT2D eigenvalue weighted by Crippen LogP contribution is 2.41. The Morgan fingerprint density at radius 1 is 1.35 bits per heavy atom. The van der Waals surface area contributed by atoms with Gasteiger partial charge in [0.15, 0.2) is 0 Å². The molecule has 0 bridgehead atoms. The summed E-state index contributed by atoms with van der Waals surface area (Å²) in [5.74, 6) is -0.883. The molecule has 3 rings (SSSR count). The molecule has 0 radical (unpaired) electrons. The zero-order chi connectivity index (χ0) is 14.1. The number of aliphatic carboxylic acids is 1. The van der Waals surface area contributed by atoms with Crippen molar-refractivity contribution in [1.29, 1.82) is 0 Å². The Hall–Kier alpha value is -1.55. The molecule has 1 aromatic rings. The van der Waals surface area contributed by atoms with Gasteiger partial charge in [-0.3, -0.25) is 4.99 Å². The van der Waals surface area contributed by atoms with E-state index in [4.69, 9.17) is 0 Å². The van der Waals surface area contributed by atoms with E-state index in [1.54, 1.807) is 11.8 Å². The average Bonchev–Trinajstić information content (AvgIpc) is 2.78. The maximum Gasteiger partial charge on any atom is 0.354 e. The van der Waals surface area contributed by atoms with E-state index in [0.717, 1.165) is 36.2 Å². The Morgan fingerprint density at radius 3 is 2.90 bits per heavy atom. The molecule has 1 unspecified atom stereocenters. The largest absolute Gasteiger partial charge is 0.477 e. The van der Waals surface area contributed by atoms with Crippen molar-refractivity contribution in [1.82, 2.24) is 0 Å². The minimum Gasteiger partial charge on any atom is -0.477 e. The summed E-state index contributed by atoms with van der Waals surface area (Å²) in [6, 6.07) is 8.29. The van der Waals surface area contributed by atoms with E-state index in [1.165, 1.54) is 11.1 Å². The summed E-state index contributed by atoms with van der Waals surface area (Å²) in [6.07, 6.45) is 4.07. The van der Waals surface area contributed by atoms with Gasteiger partial charge in [0.2, 0.25) is 0 Å².